The SMILES string of the molecule is COc1cccc(C(=O)NC[C@@H]2C3C[C@@H]3CN2C(=O)c2nc(N)sc2-c2cccc(C)c2)c1. The summed E-state index contributed by atoms with van der Waals surface area (Å²) in [5.41, 5.74) is 9.00. The Kier molecular flexibility index (Phi) is 5.54. The Morgan fingerprint density at radius 2 is 2.06 bits per heavy atom. The van der Waals surface area contributed by atoms with Crippen LogP contribution in [0.5, 0.6) is 5.75 Å². The number of likely N-dealkylation sites (tertiary alicyclic amines) is 1. The minimum atomic E-state index is -0.177. The Bertz CT molecular complexity index is 1220. The molecule has 3 N–H and O–H groups in total. The summed E-state index contributed by atoms with van der Waals surface area (Å²) in [6.07, 6.45) is 1.09. The highest BCUT2D eigenvalue weighted by atomic mass is 32.1. The lowest BCUT2D eigenvalue weighted by atomic mass is 10.1. The number of carbonyl (C=O) groups is 2. The van der Waals surface area contributed by atoms with Gasteiger partial charge in [0.1, 0.15) is 11.4 Å². The first-order valence-electron chi connectivity index (χ1n) is 11.0. The van der Waals surface area contributed by atoms with Gasteiger partial charge in [0.05, 0.1) is 18.0 Å². The lowest BCUT2D eigenvalue weighted by molar-refractivity contribution is 0.0691. The van der Waals surface area contributed by atoms with Gasteiger partial charge in [0.2, 0.25) is 0 Å². The fourth-order valence-corrected chi connectivity index (χ4v) is 5.55. The topological polar surface area (TPSA) is 97.5 Å². The van der Waals surface area contributed by atoms with Crippen molar-refractivity contribution >= 4 is 28.3 Å². The normalized spacial score (nSPS) is 20.9. The van der Waals surface area contributed by atoms with Crippen LogP contribution in [-0.2, 0) is 0 Å². The molecule has 0 radical (unpaired) electrons. The molecule has 8 heteroatoms. The van der Waals surface area contributed by atoms with Gasteiger partial charge in [-0.2, -0.15) is 0 Å². The summed E-state index contributed by atoms with van der Waals surface area (Å²) in [6.45, 7) is 3.11. The average Bonchev–Trinajstić information content (AvgIpc) is 3.33. The summed E-state index contributed by atoms with van der Waals surface area (Å²) < 4.78 is 5.21. The number of fused-ring (bicyclic) bond motifs is 1. The van der Waals surface area contributed by atoms with E-state index >= 15 is 0 Å². The van der Waals surface area contributed by atoms with Crippen molar-refractivity contribution in [3.05, 3.63) is 65.4 Å². The van der Waals surface area contributed by atoms with E-state index in [1.165, 1.54) is 11.3 Å². The standard InChI is InChI=1S/C25H26N4O3S/c1-14-5-3-6-15(9-14)22-21(28-25(26)33-22)24(31)29-13-17-11-19(17)20(29)12-27-23(30)16-7-4-8-18(10-16)32-2/h3-10,17,19-20H,11-13H2,1-2H3,(H2,26,28)(H,27,30)/t17-,19?,20-/m1/s1. The molecule has 2 amide bonds. The molecule has 1 saturated heterocycles. The van der Waals surface area contributed by atoms with Gasteiger partial charge >= 0.3 is 0 Å². The van der Waals surface area contributed by atoms with Gasteiger partial charge in [0, 0.05) is 18.7 Å². The van der Waals surface area contributed by atoms with Gasteiger partial charge < -0.3 is 20.7 Å². The van der Waals surface area contributed by atoms with Gasteiger partial charge in [0.25, 0.3) is 11.8 Å². The van der Waals surface area contributed by atoms with Crippen molar-refractivity contribution in [3.63, 3.8) is 0 Å². The molecule has 3 aromatic rings. The van der Waals surface area contributed by atoms with Crippen molar-refractivity contribution in [1.29, 1.82) is 0 Å². The van der Waals surface area contributed by atoms with E-state index in [0.29, 0.717) is 47.1 Å². The highest BCUT2D eigenvalue weighted by Crippen LogP contribution is 2.50. The highest BCUT2D eigenvalue weighted by Gasteiger charge is 2.54. The van der Waals surface area contributed by atoms with E-state index in [1.807, 2.05) is 36.1 Å². The highest BCUT2D eigenvalue weighted by molar-refractivity contribution is 7.19. The molecule has 0 bridgehead atoms. The zero-order chi connectivity index (χ0) is 23.1. The molecule has 7 nitrogen and oxygen atoms in total. The van der Waals surface area contributed by atoms with Crippen molar-refractivity contribution in [2.24, 2.45) is 11.8 Å². The summed E-state index contributed by atoms with van der Waals surface area (Å²) in [5.74, 6) is 1.24. The number of hydrogen-bond donors (Lipinski definition) is 2. The Hall–Kier alpha value is -3.39. The summed E-state index contributed by atoms with van der Waals surface area (Å²) in [6, 6.07) is 15.0. The first-order valence-corrected chi connectivity index (χ1v) is 11.8. The molecule has 0 spiro atoms. The van der Waals surface area contributed by atoms with Crippen LogP contribution in [-0.4, -0.2) is 47.9 Å². The van der Waals surface area contributed by atoms with Crippen molar-refractivity contribution < 1.29 is 14.3 Å². The summed E-state index contributed by atoms with van der Waals surface area (Å²) in [7, 11) is 1.57. The number of nitrogens with two attached hydrogens (primary N) is 1. The minimum Gasteiger partial charge on any atom is -0.497 e. The number of methoxy groups -OCH3 is 1. The van der Waals surface area contributed by atoms with E-state index in [9.17, 15) is 9.59 Å². The van der Waals surface area contributed by atoms with E-state index < -0.39 is 0 Å². The Morgan fingerprint density at radius 1 is 1.24 bits per heavy atom. The lowest BCUT2D eigenvalue weighted by Gasteiger charge is -2.27. The number of carbonyl (C=O) groups excluding carboxylic acids is 2. The maximum atomic E-state index is 13.6. The third-order valence-corrected chi connectivity index (χ3v) is 7.43. The lowest BCUT2D eigenvalue weighted by Crippen LogP contribution is -2.45. The van der Waals surface area contributed by atoms with Gasteiger partial charge in [-0.15, -0.1) is 0 Å². The largest absolute Gasteiger partial charge is 0.497 e. The third-order valence-electron chi connectivity index (χ3n) is 6.49. The second-order valence-electron chi connectivity index (χ2n) is 8.73. The van der Waals surface area contributed by atoms with Crippen LogP contribution < -0.4 is 15.8 Å². The number of aromatic nitrogens is 1. The Morgan fingerprint density at radius 3 is 2.85 bits per heavy atom. The molecular formula is C25H26N4O3S. The molecule has 2 aromatic carbocycles. The fourth-order valence-electron chi connectivity index (χ4n) is 4.73. The molecule has 170 valence electrons. The Balaban J connectivity index is 1.34. The number of benzene rings is 2. The van der Waals surface area contributed by atoms with Crippen LogP contribution in [0.3, 0.4) is 0 Å². The summed E-state index contributed by atoms with van der Waals surface area (Å²) in [4.78, 5) is 33.4. The maximum Gasteiger partial charge on any atom is 0.274 e. The molecule has 2 fully saturated rings. The predicted molar refractivity (Wildman–Crippen MR) is 128 cm³/mol. The zero-order valence-corrected chi connectivity index (χ0v) is 19.4. The van der Waals surface area contributed by atoms with Crippen LogP contribution in [0.25, 0.3) is 10.4 Å². The first-order chi connectivity index (χ1) is 15.9. The van der Waals surface area contributed by atoms with E-state index in [2.05, 4.69) is 10.3 Å². The minimum absolute atomic E-state index is 0.0506. The van der Waals surface area contributed by atoms with Crippen molar-refractivity contribution in [3.8, 4) is 16.2 Å². The number of hydrogen-bond acceptors (Lipinski definition) is 6. The number of rotatable bonds is 6. The van der Waals surface area contributed by atoms with Gasteiger partial charge in [0.15, 0.2) is 5.13 Å². The third kappa shape index (κ3) is 4.18. The van der Waals surface area contributed by atoms with E-state index in [0.717, 1.165) is 22.4 Å². The molecule has 33 heavy (non-hydrogen) atoms. The smallest absolute Gasteiger partial charge is 0.274 e. The molecule has 1 aromatic heterocycles. The van der Waals surface area contributed by atoms with Gasteiger partial charge in [-0.25, -0.2) is 4.98 Å². The average molecular weight is 463 g/mol. The number of thiazole rings is 1. The summed E-state index contributed by atoms with van der Waals surface area (Å²) >= 11 is 1.33. The van der Waals surface area contributed by atoms with Gasteiger partial charge in [-0.3, -0.25) is 9.59 Å². The molecular weight excluding hydrogens is 436 g/mol. The monoisotopic (exact) mass is 462 g/mol. The predicted octanol–water partition coefficient (Wildman–Crippen LogP) is 3.60. The van der Waals surface area contributed by atoms with Crippen LogP contribution in [0, 0.1) is 18.8 Å². The quantitative estimate of drug-likeness (QED) is 0.583. The molecule has 1 aliphatic carbocycles. The number of ether oxygens (including phenoxy) is 1. The van der Waals surface area contributed by atoms with Crippen LogP contribution in [0.4, 0.5) is 5.13 Å². The molecule has 2 heterocycles. The van der Waals surface area contributed by atoms with Crippen LogP contribution >= 0.6 is 11.3 Å². The number of anilines is 1. The van der Waals surface area contributed by atoms with Crippen molar-refractivity contribution in [2.45, 2.75) is 19.4 Å². The molecule has 5 rings (SSSR count). The number of piperidine rings is 1. The van der Waals surface area contributed by atoms with Crippen molar-refractivity contribution in [1.82, 2.24) is 15.2 Å². The number of nitrogen functional groups attached to an aromatic ring is 1. The number of nitrogens with one attached hydrogen (secondary N) is 1. The second kappa shape index (κ2) is 8.51. The maximum absolute atomic E-state index is 13.6. The van der Waals surface area contributed by atoms with Crippen molar-refractivity contribution in [2.75, 3.05) is 25.9 Å². The number of amides is 2. The molecule has 1 unspecified atom stereocenters. The molecule has 2 aliphatic rings. The fraction of sp³-hybridized carbons (Fsp3) is 0.320. The number of aryl methyl sites for hydroxylation is 1. The van der Waals surface area contributed by atoms with Crippen LogP contribution in [0.2, 0.25) is 0 Å². The van der Waals surface area contributed by atoms with Gasteiger partial charge in [-0.1, -0.05) is 47.2 Å². The molecule has 1 aliphatic heterocycles. The Labute approximate surface area is 196 Å². The summed E-state index contributed by atoms with van der Waals surface area (Å²) in [5, 5.41) is 3.39. The zero-order valence-electron chi connectivity index (χ0n) is 18.6. The van der Waals surface area contributed by atoms with E-state index in [-0.39, 0.29) is 17.9 Å². The molecule has 1 saturated carbocycles. The first kappa shape index (κ1) is 21.5. The van der Waals surface area contributed by atoms with Gasteiger partial charge in [-0.05, 0) is 48.9 Å². The molecule has 3 atom stereocenters. The second-order valence-corrected chi connectivity index (χ2v) is 9.76. The van der Waals surface area contributed by atoms with E-state index in [1.54, 1.807) is 31.4 Å². The van der Waals surface area contributed by atoms with E-state index in [4.69, 9.17) is 10.5 Å². The van der Waals surface area contributed by atoms with Crippen LogP contribution in [0.1, 0.15) is 32.8 Å². The van der Waals surface area contributed by atoms with Crippen LogP contribution in [0.15, 0.2) is 48.5 Å². The number of nitrogens with zero attached hydrogens (tertiary/aromatic N) is 2.